The monoisotopic (exact) mass is 366 g/mol. The van der Waals surface area contributed by atoms with E-state index in [-0.39, 0.29) is 24.2 Å². The van der Waals surface area contributed by atoms with Crippen molar-refractivity contribution in [2.24, 2.45) is 5.92 Å². The highest BCUT2D eigenvalue weighted by atomic mass is 16.5. The number of amides is 2. The predicted molar refractivity (Wildman–Crippen MR) is 107 cm³/mol. The van der Waals surface area contributed by atoms with Crippen molar-refractivity contribution in [3.8, 4) is 5.75 Å². The van der Waals surface area contributed by atoms with Crippen LogP contribution >= 0.6 is 0 Å². The Bertz CT molecular complexity index is 784. The van der Waals surface area contributed by atoms with E-state index in [4.69, 9.17) is 4.74 Å². The Morgan fingerprint density at radius 3 is 2.48 bits per heavy atom. The molecule has 0 saturated carbocycles. The topological polar surface area (TPSA) is 58.6 Å². The van der Waals surface area contributed by atoms with Gasteiger partial charge in [-0.2, -0.15) is 0 Å². The van der Waals surface area contributed by atoms with E-state index in [0.29, 0.717) is 6.54 Å². The molecule has 142 valence electrons. The van der Waals surface area contributed by atoms with Crippen LogP contribution in [0, 0.1) is 5.92 Å². The largest absolute Gasteiger partial charge is 0.497 e. The van der Waals surface area contributed by atoms with Gasteiger partial charge >= 0.3 is 0 Å². The third kappa shape index (κ3) is 4.67. The van der Waals surface area contributed by atoms with Crippen LogP contribution in [0.25, 0.3) is 0 Å². The average molecular weight is 366 g/mol. The molecular formula is C22H26N2O3. The maximum Gasteiger partial charge on any atom is 0.229 e. The lowest BCUT2D eigenvalue weighted by Crippen LogP contribution is -2.28. The molecule has 0 aromatic heterocycles. The van der Waals surface area contributed by atoms with Crippen molar-refractivity contribution >= 4 is 23.2 Å². The molecule has 2 aromatic rings. The Morgan fingerprint density at radius 2 is 1.85 bits per heavy atom. The van der Waals surface area contributed by atoms with E-state index in [9.17, 15) is 9.59 Å². The molecule has 1 atom stereocenters. The van der Waals surface area contributed by atoms with Gasteiger partial charge in [0.15, 0.2) is 0 Å². The fourth-order valence-electron chi connectivity index (χ4n) is 3.27. The summed E-state index contributed by atoms with van der Waals surface area (Å²) in [6, 6.07) is 15.3. The molecule has 1 heterocycles. The zero-order valence-corrected chi connectivity index (χ0v) is 15.9. The molecule has 1 N–H and O–H groups in total. The minimum absolute atomic E-state index is 0.0322. The van der Waals surface area contributed by atoms with Crippen LogP contribution in [0.3, 0.4) is 0 Å². The first-order chi connectivity index (χ1) is 13.1. The summed E-state index contributed by atoms with van der Waals surface area (Å²) in [6.45, 7) is 2.57. The van der Waals surface area contributed by atoms with Gasteiger partial charge in [0.2, 0.25) is 11.8 Å². The Morgan fingerprint density at radius 1 is 1.15 bits per heavy atom. The zero-order valence-electron chi connectivity index (χ0n) is 15.9. The summed E-state index contributed by atoms with van der Waals surface area (Å²) >= 11 is 0. The van der Waals surface area contributed by atoms with Gasteiger partial charge in [0.05, 0.1) is 13.0 Å². The van der Waals surface area contributed by atoms with Gasteiger partial charge in [-0.25, -0.2) is 0 Å². The fraction of sp³-hybridized carbons (Fsp3) is 0.364. The lowest BCUT2D eigenvalue weighted by Gasteiger charge is -2.17. The summed E-state index contributed by atoms with van der Waals surface area (Å²) in [4.78, 5) is 26.6. The SMILES string of the molecule is CCCCc1ccc(NC(=O)[C@H]2CC(=O)N(c3ccc(OC)cc3)C2)cc1. The normalized spacial score (nSPS) is 16.4. The summed E-state index contributed by atoms with van der Waals surface area (Å²) in [5, 5.41) is 2.94. The van der Waals surface area contributed by atoms with Crippen molar-refractivity contribution in [3.05, 3.63) is 54.1 Å². The summed E-state index contributed by atoms with van der Waals surface area (Å²) in [5.41, 5.74) is 2.84. The van der Waals surface area contributed by atoms with Crippen LogP contribution in [-0.4, -0.2) is 25.5 Å². The fourth-order valence-corrected chi connectivity index (χ4v) is 3.27. The van der Waals surface area contributed by atoms with Crippen LogP contribution in [0.15, 0.2) is 48.5 Å². The summed E-state index contributed by atoms with van der Waals surface area (Å²) in [6.07, 6.45) is 3.61. The number of anilines is 2. The number of benzene rings is 2. The second-order valence-corrected chi connectivity index (χ2v) is 6.89. The first-order valence-electron chi connectivity index (χ1n) is 9.45. The van der Waals surface area contributed by atoms with Gasteiger partial charge < -0.3 is 15.0 Å². The number of carbonyl (C=O) groups excluding carboxylic acids is 2. The number of nitrogens with one attached hydrogen (secondary N) is 1. The molecule has 1 aliphatic rings. The molecule has 5 heteroatoms. The number of nitrogens with zero attached hydrogens (tertiary/aromatic N) is 1. The molecule has 1 saturated heterocycles. The number of carbonyl (C=O) groups is 2. The van der Waals surface area contributed by atoms with Crippen molar-refractivity contribution in [1.29, 1.82) is 0 Å². The van der Waals surface area contributed by atoms with Crippen LogP contribution in [0.1, 0.15) is 31.7 Å². The maximum atomic E-state index is 12.6. The number of ether oxygens (including phenoxy) is 1. The van der Waals surface area contributed by atoms with Gasteiger partial charge in [-0.3, -0.25) is 9.59 Å². The molecule has 0 radical (unpaired) electrons. The van der Waals surface area contributed by atoms with Crippen LogP contribution in [0.4, 0.5) is 11.4 Å². The number of hydrogen-bond donors (Lipinski definition) is 1. The van der Waals surface area contributed by atoms with Crippen molar-refractivity contribution in [3.63, 3.8) is 0 Å². The number of aryl methyl sites for hydroxylation is 1. The minimum Gasteiger partial charge on any atom is -0.497 e. The lowest BCUT2D eigenvalue weighted by atomic mass is 10.1. The molecule has 0 bridgehead atoms. The molecule has 1 fully saturated rings. The molecule has 2 aromatic carbocycles. The highest BCUT2D eigenvalue weighted by molar-refractivity contribution is 6.03. The van der Waals surface area contributed by atoms with Gasteiger partial charge in [0.25, 0.3) is 0 Å². The van der Waals surface area contributed by atoms with E-state index in [2.05, 4.69) is 24.4 Å². The van der Waals surface area contributed by atoms with Crippen LogP contribution in [0.2, 0.25) is 0 Å². The van der Waals surface area contributed by atoms with Crippen molar-refractivity contribution in [2.45, 2.75) is 32.6 Å². The Kier molecular flexibility index (Phi) is 6.12. The quantitative estimate of drug-likeness (QED) is 0.805. The molecule has 27 heavy (non-hydrogen) atoms. The molecule has 2 amide bonds. The summed E-state index contributed by atoms with van der Waals surface area (Å²) in [7, 11) is 1.60. The highest BCUT2D eigenvalue weighted by Gasteiger charge is 2.35. The van der Waals surface area contributed by atoms with Gasteiger partial charge in [-0.15, -0.1) is 0 Å². The van der Waals surface area contributed by atoms with Gasteiger partial charge in [0, 0.05) is 24.3 Å². The first-order valence-corrected chi connectivity index (χ1v) is 9.45. The summed E-state index contributed by atoms with van der Waals surface area (Å²) < 4.78 is 5.15. The number of hydrogen-bond acceptors (Lipinski definition) is 3. The van der Waals surface area contributed by atoms with E-state index in [1.807, 2.05) is 36.4 Å². The average Bonchev–Trinajstić information content (AvgIpc) is 3.09. The first kappa shape index (κ1) is 19.0. The maximum absolute atomic E-state index is 12.6. The van der Waals surface area contributed by atoms with Crippen LogP contribution < -0.4 is 15.0 Å². The molecular weight excluding hydrogens is 340 g/mol. The van der Waals surface area contributed by atoms with Crippen molar-refractivity contribution in [2.75, 3.05) is 23.9 Å². The predicted octanol–water partition coefficient (Wildman–Crippen LogP) is 4.03. The third-order valence-corrected chi connectivity index (χ3v) is 4.92. The second kappa shape index (κ2) is 8.71. The van der Waals surface area contributed by atoms with Crippen LogP contribution in [-0.2, 0) is 16.0 Å². The van der Waals surface area contributed by atoms with Crippen LogP contribution in [0.5, 0.6) is 5.75 Å². The van der Waals surface area contributed by atoms with E-state index >= 15 is 0 Å². The third-order valence-electron chi connectivity index (χ3n) is 4.92. The van der Waals surface area contributed by atoms with Crippen molar-refractivity contribution < 1.29 is 14.3 Å². The van der Waals surface area contributed by atoms with E-state index in [0.717, 1.165) is 30.0 Å². The Labute approximate surface area is 160 Å². The van der Waals surface area contributed by atoms with Gasteiger partial charge in [-0.1, -0.05) is 25.5 Å². The van der Waals surface area contributed by atoms with Crippen molar-refractivity contribution in [1.82, 2.24) is 0 Å². The molecule has 0 spiro atoms. The van der Waals surface area contributed by atoms with E-state index in [1.165, 1.54) is 12.0 Å². The molecule has 3 rings (SSSR count). The highest BCUT2D eigenvalue weighted by Crippen LogP contribution is 2.27. The number of rotatable bonds is 7. The van der Waals surface area contributed by atoms with E-state index < -0.39 is 0 Å². The summed E-state index contributed by atoms with van der Waals surface area (Å²) in [5.74, 6) is 0.248. The molecule has 0 unspecified atom stereocenters. The number of unbranched alkanes of at least 4 members (excludes halogenated alkanes) is 1. The molecule has 5 nitrogen and oxygen atoms in total. The lowest BCUT2D eigenvalue weighted by molar-refractivity contribution is -0.122. The molecule has 1 aliphatic heterocycles. The van der Waals surface area contributed by atoms with Gasteiger partial charge in [0.1, 0.15) is 5.75 Å². The second-order valence-electron chi connectivity index (χ2n) is 6.89. The zero-order chi connectivity index (χ0) is 19.2. The van der Waals surface area contributed by atoms with E-state index in [1.54, 1.807) is 12.0 Å². The Balaban J connectivity index is 1.59. The van der Waals surface area contributed by atoms with Gasteiger partial charge in [-0.05, 0) is 54.8 Å². The Hall–Kier alpha value is -2.82. The smallest absolute Gasteiger partial charge is 0.229 e. The number of methoxy groups -OCH3 is 1. The standard InChI is InChI=1S/C22H26N2O3/c1-3-4-5-16-6-8-18(9-7-16)23-22(26)17-14-21(25)24(15-17)19-10-12-20(27-2)13-11-19/h6-13,17H,3-5,14-15H2,1-2H3,(H,23,26)/t17-/m0/s1. The minimum atomic E-state index is -0.348. The molecule has 0 aliphatic carbocycles.